The number of unbranched alkanes of at least 4 members (excludes halogenated alkanes) is 1. The lowest BCUT2D eigenvalue weighted by atomic mass is 9.73. The van der Waals surface area contributed by atoms with Gasteiger partial charge in [-0.2, -0.15) is 0 Å². The number of nitrogens with zero attached hydrogens (tertiary/aromatic N) is 2. The maximum Gasteiger partial charge on any atom is 0.311 e. The third kappa shape index (κ3) is 13.1. The number of cyclic esters (lactones) is 1. The van der Waals surface area contributed by atoms with Crippen molar-refractivity contribution in [1.82, 2.24) is 4.90 Å². The molecule has 0 radical (unpaired) electrons. The Hall–Kier alpha value is -2.48. The lowest BCUT2D eigenvalue weighted by Gasteiger charge is -2.49. The van der Waals surface area contributed by atoms with Gasteiger partial charge in [-0.25, -0.2) is 0 Å². The molecule has 0 amide bonds. The average molecular weight is 889 g/mol. The van der Waals surface area contributed by atoms with Crippen molar-refractivity contribution in [2.75, 3.05) is 27.8 Å². The zero-order valence-corrected chi connectivity index (χ0v) is 40.2. The predicted octanol–water partition coefficient (Wildman–Crippen LogP) is 4.53. The summed E-state index contributed by atoms with van der Waals surface area (Å²) in [4.78, 5) is 47.0. The van der Waals surface area contributed by atoms with Crippen LogP contribution in [0.25, 0.3) is 0 Å². The van der Waals surface area contributed by atoms with Crippen molar-refractivity contribution in [3.63, 3.8) is 0 Å². The molecule has 3 heterocycles. The standard InChI is InChI=1S/C45H80N2O15/c1-17-19-20-55-46-35-24(3)22-43(11,52)39(62-42-37(58-30(9)48)32(47(14)15)21-25(4)56-42)27(6)36(28(7)41(51)60-33(18-2)45(13,53)38(50)26(35)5)61-34-23-44(12,54-16)40(29(8)57-34)59-31(10)49/h24-29,32-34,36-40,42,50,52-53H,17-23H2,1-16H3/b46-35-/t24-,25-,26-,27+,28-,29+,32+,33+,34+,36+,37-,38-,39-,40+,42+,43+,44-,45-/m1/s1. The lowest BCUT2D eigenvalue weighted by molar-refractivity contribution is -0.319. The molecule has 0 aromatic carbocycles. The van der Waals surface area contributed by atoms with Gasteiger partial charge in [-0.05, 0) is 81.3 Å². The number of esters is 3. The van der Waals surface area contributed by atoms with Gasteiger partial charge in [0.1, 0.15) is 23.9 Å². The first-order chi connectivity index (χ1) is 28.8. The molecule has 0 saturated carbocycles. The summed E-state index contributed by atoms with van der Waals surface area (Å²) in [7, 11) is 5.25. The Labute approximate surface area is 369 Å². The van der Waals surface area contributed by atoms with Gasteiger partial charge in [-0.15, -0.1) is 0 Å². The van der Waals surface area contributed by atoms with E-state index >= 15 is 0 Å². The van der Waals surface area contributed by atoms with Crippen molar-refractivity contribution in [3.05, 3.63) is 0 Å². The van der Waals surface area contributed by atoms with Crippen molar-refractivity contribution in [2.24, 2.45) is 28.8 Å². The number of oxime groups is 1. The fourth-order valence-electron chi connectivity index (χ4n) is 9.61. The van der Waals surface area contributed by atoms with Gasteiger partial charge in [0.05, 0.1) is 53.8 Å². The van der Waals surface area contributed by atoms with Gasteiger partial charge >= 0.3 is 17.9 Å². The molecule has 0 spiro atoms. The van der Waals surface area contributed by atoms with Crippen LogP contribution in [0.5, 0.6) is 0 Å². The first kappa shape index (κ1) is 53.9. The SMILES string of the molecule is CCCCO/N=C1/[C@H](C)C[C@](C)(O)[C@H](O[C@@H]2O[C@H](C)C[C@H](N(C)C)[C@H]2OC(C)=O)[C@@H](C)[C@H](O[C@H]2C[C@@](C)(OC)[C@@H](OC(C)=O)[C@H](C)O2)[C@@H](C)C(=O)O[C@@H](CC)[C@@](C)(O)[C@H](O)[C@@H]1C. The van der Waals surface area contributed by atoms with Gasteiger partial charge in [0.2, 0.25) is 0 Å². The van der Waals surface area contributed by atoms with Crippen LogP contribution in [0.1, 0.15) is 129 Å². The van der Waals surface area contributed by atoms with E-state index in [0.29, 0.717) is 18.7 Å². The zero-order valence-electron chi connectivity index (χ0n) is 40.2. The number of likely N-dealkylation sites (N-methyl/N-ethyl adjacent to an activating group) is 1. The van der Waals surface area contributed by atoms with E-state index in [1.54, 1.807) is 48.5 Å². The molecule has 18 atom stereocenters. The first-order valence-electron chi connectivity index (χ1n) is 22.5. The second-order valence-electron chi connectivity index (χ2n) is 18.9. The van der Waals surface area contributed by atoms with E-state index < -0.39 is 114 Å². The monoisotopic (exact) mass is 889 g/mol. The van der Waals surface area contributed by atoms with E-state index in [-0.39, 0.29) is 31.4 Å². The van der Waals surface area contributed by atoms with Crippen molar-refractivity contribution < 1.29 is 72.4 Å². The minimum atomic E-state index is -1.95. The number of rotatable bonds is 13. The number of carbonyl (C=O) groups excluding carboxylic acids is 3. The highest BCUT2D eigenvalue weighted by Crippen LogP contribution is 2.42. The average Bonchev–Trinajstić information content (AvgIpc) is 3.17. The van der Waals surface area contributed by atoms with Crippen LogP contribution in [0, 0.1) is 23.7 Å². The van der Waals surface area contributed by atoms with E-state index in [9.17, 15) is 29.7 Å². The molecule has 3 rings (SSSR count). The summed E-state index contributed by atoms with van der Waals surface area (Å²) in [6.07, 6.45) is -7.62. The molecule has 3 saturated heterocycles. The number of hydrogen-bond acceptors (Lipinski definition) is 17. The van der Waals surface area contributed by atoms with Gasteiger partial charge in [0, 0.05) is 45.1 Å². The maximum absolute atomic E-state index is 14.5. The molecule has 0 aromatic heterocycles. The number of carbonyl (C=O) groups is 3. The van der Waals surface area contributed by atoms with Gasteiger partial charge in [-0.3, -0.25) is 14.4 Å². The summed E-state index contributed by atoms with van der Waals surface area (Å²) >= 11 is 0. The Bertz CT molecular complexity index is 1490. The molecule has 17 nitrogen and oxygen atoms in total. The van der Waals surface area contributed by atoms with Crippen molar-refractivity contribution in [2.45, 2.75) is 213 Å². The second-order valence-corrected chi connectivity index (χ2v) is 18.9. The molecule has 0 unspecified atom stereocenters. The predicted molar refractivity (Wildman–Crippen MR) is 229 cm³/mol. The Balaban J connectivity index is 2.30. The van der Waals surface area contributed by atoms with Crippen LogP contribution in [0.4, 0.5) is 0 Å². The van der Waals surface area contributed by atoms with Crippen molar-refractivity contribution in [1.29, 1.82) is 0 Å². The van der Waals surface area contributed by atoms with Gasteiger partial charge in [0.25, 0.3) is 0 Å². The maximum atomic E-state index is 14.5. The van der Waals surface area contributed by atoms with Crippen LogP contribution in [0.2, 0.25) is 0 Å². The summed E-state index contributed by atoms with van der Waals surface area (Å²) < 4.78 is 50.2. The van der Waals surface area contributed by atoms with E-state index in [2.05, 4.69) is 5.16 Å². The van der Waals surface area contributed by atoms with Crippen molar-refractivity contribution in [3.8, 4) is 0 Å². The fraction of sp³-hybridized carbons (Fsp3) is 0.911. The molecule has 0 aromatic rings. The second kappa shape index (κ2) is 22.6. The van der Waals surface area contributed by atoms with Crippen LogP contribution in [-0.2, 0) is 57.1 Å². The van der Waals surface area contributed by atoms with Gasteiger partial charge < -0.3 is 63.0 Å². The Morgan fingerprint density at radius 1 is 0.887 bits per heavy atom. The summed E-state index contributed by atoms with van der Waals surface area (Å²) in [5.41, 5.74) is -4.43. The van der Waals surface area contributed by atoms with Crippen molar-refractivity contribution >= 4 is 23.6 Å². The van der Waals surface area contributed by atoms with Crippen LogP contribution in [0.15, 0.2) is 5.16 Å². The third-order valence-corrected chi connectivity index (χ3v) is 13.1. The molecule has 0 bridgehead atoms. The van der Waals surface area contributed by atoms with Gasteiger partial charge in [0.15, 0.2) is 24.8 Å². The zero-order chi connectivity index (χ0) is 47.1. The Kier molecular flexibility index (Phi) is 19.6. The molecule has 62 heavy (non-hydrogen) atoms. The molecular weight excluding hydrogens is 808 g/mol. The van der Waals surface area contributed by atoms with E-state index in [4.69, 9.17) is 42.7 Å². The number of hydrogen-bond donors (Lipinski definition) is 3. The molecule has 0 aliphatic carbocycles. The molecule has 3 aliphatic rings. The number of methoxy groups -OCH3 is 1. The highest BCUT2D eigenvalue weighted by Gasteiger charge is 2.54. The van der Waals surface area contributed by atoms with Crippen LogP contribution >= 0.6 is 0 Å². The summed E-state index contributed by atoms with van der Waals surface area (Å²) in [5, 5.41) is 41.4. The minimum Gasteiger partial charge on any atom is -0.459 e. The van der Waals surface area contributed by atoms with Crippen LogP contribution < -0.4 is 0 Å². The van der Waals surface area contributed by atoms with Crippen LogP contribution in [0.3, 0.4) is 0 Å². The fourth-order valence-corrected chi connectivity index (χ4v) is 9.61. The quantitative estimate of drug-likeness (QED) is 0.100. The normalized spacial score (nSPS) is 43.4. The number of ether oxygens (including phenoxy) is 8. The molecule has 17 heteroatoms. The highest BCUT2D eigenvalue weighted by molar-refractivity contribution is 5.88. The molecule has 360 valence electrons. The van der Waals surface area contributed by atoms with Gasteiger partial charge in [-0.1, -0.05) is 46.2 Å². The summed E-state index contributed by atoms with van der Waals surface area (Å²) in [6, 6.07) is -0.319. The lowest BCUT2D eigenvalue weighted by Crippen LogP contribution is -2.62. The molecule has 3 aliphatic heterocycles. The van der Waals surface area contributed by atoms with E-state index in [0.717, 1.165) is 12.8 Å². The smallest absolute Gasteiger partial charge is 0.311 e. The largest absolute Gasteiger partial charge is 0.459 e. The Morgan fingerprint density at radius 3 is 2.06 bits per heavy atom. The Morgan fingerprint density at radius 2 is 1.52 bits per heavy atom. The summed E-state index contributed by atoms with van der Waals surface area (Å²) in [5.74, 6) is -5.18. The molecule has 3 N–H and O–H groups in total. The molecular formula is C45H80N2O15. The van der Waals surface area contributed by atoms with E-state index in [1.807, 2.05) is 39.8 Å². The highest BCUT2D eigenvalue weighted by atomic mass is 16.7. The number of aliphatic hydroxyl groups excluding tert-OH is 1. The topological polar surface area (TPSA) is 211 Å². The number of aliphatic hydroxyl groups is 3. The van der Waals surface area contributed by atoms with E-state index in [1.165, 1.54) is 27.9 Å². The third-order valence-electron chi connectivity index (χ3n) is 13.1. The first-order valence-corrected chi connectivity index (χ1v) is 22.5. The summed E-state index contributed by atoms with van der Waals surface area (Å²) in [6.45, 7) is 22.1. The minimum absolute atomic E-state index is 0.0136. The molecule has 3 fully saturated rings. The van der Waals surface area contributed by atoms with Crippen LogP contribution in [-0.4, -0.2) is 156 Å².